The number of hydrogen-bond donors (Lipinski definition) is 1. The van der Waals surface area contributed by atoms with Crippen LogP contribution in [0.1, 0.15) is 48.9 Å². The van der Waals surface area contributed by atoms with Crippen molar-refractivity contribution in [3.8, 4) is 5.75 Å². The zero-order chi connectivity index (χ0) is 17.5. The predicted molar refractivity (Wildman–Crippen MR) is 97.5 cm³/mol. The molecule has 3 rings (SSSR count). The van der Waals surface area contributed by atoms with E-state index in [2.05, 4.69) is 5.32 Å². The molecule has 4 heteroatoms. The molecule has 0 atom stereocenters. The van der Waals surface area contributed by atoms with E-state index in [1.54, 1.807) is 0 Å². The number of carbonyl (C=O) groups excluding carboxylic acids is 1. The standard InChI is InChI=1S/C21H24FNO2/c22-18-8-6-17(7-9-18)21(24)23-19-10-12-20(13-11-19)25-15-14-16-4-2-1-3-5-16/h6-13,16H,1-5,14-15H2,(H,23,24). The van der Waals surface area contributed by atoms with Crippen molar-refractivity contribution in [3.05, 3.63) is 59.9 Å². The molecule has 25 heavy (non-hydrogen) atoms. The average Bonchev–Trinajstić information content (AvgIpc) is 2.64. The largest absolute Gasteiger partial charge is 0.494 e. The molecule has 0 bridgehead atoms. The topological polar surface area (TPSA) is 38.3 Å². The molecule has 0 spiro atoms. The van der Waals surface area contributed by atoms with Gasteiger partial charge in [-0.3, -0.25) is 4.79 Å². The van der Waals surface area contributed by atoms with Gasteiger partial charge in [0.1, 0.15) is 11.6 Å². The van der Waals surface area contributed by atoms with E-state index in [0.717, 1.165) is 24.7 Å². The van der Waals surface area contributed by atoms with Crippen LogP contribution in [0, 0.1) is 11.7 Å². The number of anilines is 1. The Morgan fingerprint density at radius 1 is 1.00 bits per heavy atom. The Morgan fingerprint density at radius 3 is 2.36 bits per heavy atom. The summed E-state index contributed by atoms with van der Waals surface area (Å²) in [6, 6.07) is 12.8. The van der Waals surface area contributed by atoms with Gasteiger partial charge >= 0.3 is 0 Å². The highest BCUT2D eigenvalue weighted by atomic mass is 19.1. The predicted octanol–water partition coefficient (Wildman–Crippen LogP) is 5.43. The highest BCUT2D eigenvalue weighted by Gasteiger charge is 2.13. The Kier molecular flexibility index (Phi) is 6.04. The van der Waals surface area contributed by atoms with Gasteiger partial charge in [0.2, 0.25) is 0 Å². The number of halogens is 1. The van der Waals surface area contributed by atoms with Crippen molar-refractivity contribution in [2.24, 2.45) is 5.92 Å². The van der Waals surface area contributed by atoms with Gasteiger partial charge in [-0.2, -0.15) is 0 Å². The molecule has 1 saturated carbocycles. The number of nitrogens with one attached hydrogen (secondary N) is 1. The molecule has 0 radical (unpaired) electrons. The number of hydrogen-bond acceptors (Lipinski definition) is 2. The van der Waals surface area contributed by atoms with Crippen LogP contribution in [0.2, 0.25) is 0 Å². The average molecular weight is 341 g/mol. The first-order valence-electron chi connectivity index (χ1n) is 9.00. The Morgan fingerprint density at radius 2 is 1.68 bits per heavy atom. The number of benzene rings is 2. The van der Waals surface area contributed by atoms with Gasteiger partial charge in [-0.1, -0.05) is 32.1 Å². The van der Waals surface area contributed by atoms with Crippen LogP contribution in [0.5, 0.6) is 5.75 Å². The molecule has 132 valence electrons. The summed E-state index contributed by atoms with van der Waals surface area (Å²) in [5.74, 6) is 1.01. The minimum Gasteiger partial charge on any atom is -0.494 e. The third-order valence-electron chi connectivity index (χ3n) is 4.74. The first kappa shape index (κ1) is 17.5. The number of ether oxygens (including phenoxy) is 1. The van der Waals surface area contributed by atoms with Crippen LogP contribution in [0.15, 0.2) is 48.5 Å². The van der Waals surface area contributed by atoms with Crippen molar-refractivity contribution >= 4 is 11.6 Å². The van der Waals surface area contributed by atoms with Crippen molar-refractivity contribution in [2.45, 2.75) is 38.5 Å². The normalized spacial score (nSPS) is 14.9. The first-order valence-corrected chi connectivity index (χ1v) is 9.00. The van der Waals surface area contributed by atoms with Crippen molar-refractivity contribution in [3.63, 3.8) is 0 Å². The monoisotopic (exact) mass is 341 g/mol. The zero-order valence-electron chi connectivity index (χ0n) is 14.3. The maximum absolute atomic E-state index is 12.9. The lowest BCUT2D eigenvalue weighted by Crippen LogP contribution is -2.12. The van der Waals surface area contributed by atoms with Gasteiger partial charge in [0, 0.05) is 11.3 Å². The van der Waals surface area contributed by atoms with Crippen molar-refractivity contribution in [2.75, 3.05) is 11.9 Å². The van der Waals surface area contributed by atoms with Gasteiger partial charge in [0.05, 0.1) is 6.61 Å². The summed E-state index contributed by atoms with van der Waals surface area (Å²) in [6.07, 6.45) is 7.86. The van der Waals surface area contributed by atoms with Crippen LogP contribution >= 0.6 is 0 Å². The molecule has 0 aromatic heterocycles. The van der Waals surface area contributed by atoms with Gasteiger partial charge in [0.15, 0.2) is 0 Å². The molecular formula is C21H24FNO2. The second-order valence-electron chi connectivity index (χ2n) is 6.63. The molecule has 2 aromatic carbocycles. The molecule has 0 aliphatic heterocycles. The van der Waals surface area contributed by atoms with E-state index in [9.17, 15) is 9.18 Å². The molecule has 1 aliphatic carbocycles. The molecule has 1 aliphatic rings. The van der Waals surface area contributed by atoms with Crippen molar-refractivity contribution < 1.29 is 13.9 Å². The van der Waals surface area contributed by atoms with E-state index in [1.807, 2.05) is 24.3 Å². The zero-order valence-corrected chi connectivity index (χ0v) is 14.3. The van der Waals surface area contributed by atoms with E-state index < -0.39 is 0 Å². The lowest BCUT2D eigenvalue weighted by Gasteiger charge is -2.21. The van der Waals surface area contributed by atoms with E-state index in [-0.39, 0.29) is 11.7 Å². The van der Waals surface area contributed by atoms with Gasteiger partial charge in [-0.15, -0.1) is 0 Å². The molecule has 0 unspecified atom stereocenters. The lowest BCUT2D eigenvalue weighted by atomic mass is 9.87. The quantitative estimate of drug-likeness (QED) is 0.761. The maximum atomic E-state index is 12.9. The summed E-state index contributed by atoms with van der Waals surface area (Å²) in [4.78, 5) is 12.1. The molecule has 0 saturated heterocycles. The van der Waals surface area contributed by atoms with Crippen molar-refractivity contribution in [1.29, 1.82) is 0 Å². The lowest BCUT2D eigenvalue weighted by molar-refractivity contribution is 0.102. The van der Waals surface area contributed by atoms with Crippen LogP contribution in [-0.2, 0) is 0 Å². The van der Waals surface area contributed by atoms with Gasteiger partial charge in [-0.05, 0) is 60.9 Å². The van der Waals surface area contributed by atoms with Crippen LogP contribution in [-0.4, -0.2) is 12.5 Å². The van der Waals surface area contributed by atoms with Crippen LogP contribution in [0.25, 0.3) is 0 Å². The second kappa shape index (κ2) is 8.65. The fourth-order valence-electron chi connectivity index (χ4n) is 3.26. The van der Waals surface area contributed by atoms with E-state index >= 15 is 0 Å². The summed E-state index contributed by atoms with van der Waals surface area (Å²) in [5.41, 5.74) is 1.11. The van der Waals surface area contributed by atoms with Gasteiger partial charge in [-0.25, -0.2) is 4.39 Å². The second-order valence-corrected chi connectivity index (χ2v) is 6.63. The fourth-order valence-corrected chi connectivity index (χ4v) is 3.26. The molecule has 0 heterocycles. The summed E-state index contributed by atoms with van der Waals surface area (Å²) < 4.78 is 18.7. The Bertz CT molecular complexity index is 676. The maximum Gasteiger partial charge on any atom is 0.255 e. The minimum atomic E-state index is -0.355. The number of amides is 1. The van der Waals surface area contributed by atoms with Crippen LogP contribution in [0.3, 0.4) is 0 Å². The van der Waals surface area contributed by atoms with Gasteiger partial charge < -0.3 is 10.1 Å². The van der Waals surface area contributed by atoms with Crippen molar-refractivity contribution in [1.82, 2.24) is 0 Å². The summed E-state index contributed by atoms with van der Waals surface area (Å²) in [6.45, 7) is 0.742. The number of carbonyl (C=O) groups is 1. The molecule has 1 N–H and O–H groups in total. The smallest absolute Gasteiger partial charge is 0.255 e. The Balaban J connectivity index is 1.46. The van der Waals surface area contributed by atoms with Crippen LogP contribution in [0.4, 0.5) is 10.1 Å². The van der Waals surface area contributed by atoms with E-state index in [1.165, 1.54) is 56.4 Å². The highest BCUT2D eigenvalue weighted by molar-refractivity contribution is 6.04. The highest BCUT2D eigenvalue weighted by Crippen LogP contribution is 2.26. The van der Waals surface area contributed by atoms with E-state index in [4.69, 9.17) is 4.74 Å². The summed E-state index contributed by atoms with van der Waals surface area (Å²) in [7, 11) is 0. The third kappa shape index (κ3) is 5.31. The van der Waals surface area contributed by atoms with Crippen LogP contribution < -0.4 is 10.1 Å². The summed E-state index contributed by atoms with van der Waals surface area (Å²) >= 11 is 0. The number of rotatable bonds is 6. The SMILES string of the molecule is O=C(Nc1ccc(OCCC2CCCCC2)cc1)c1ccc(F)cc1. The fraction of sp³-hybridized carbons (Fsp3) is 0.381. The molecule has 3 nitrogen and oxygen atoms in total. The Labute approximate surface area is 148 Å². The Hall–Kier alpha value is -2.36. The molecular weight excluding hydrogens is 317 g/mol. The molecule has 2 aromatic rings. The molecule has 1 amide bonds. The third-order valence-corrected chi connectivity index (χ3v) is 4.74. The van der Waals surface area contributed by atoms with E-state index in [0.29, 0.717) is 11.3 Å². The summed E-state index contributed by atoms with van der Waals surface area (Å²) in [5, 5.41) is 2.80. The minimum absolute atomic E-state index is 0.258. The molecule has 1 fully saturated rings. The van der Waals surface area contributed by atoms with Gasteiger partial charge in [0.25, 0.3) is 5.91 Å². The first-order chi connectivity index (χ1) is 12.2.